The van der Waals surface area contributed by atoms with Crippen molar-refractivity contribution in [1.82, 2.24) is 9.62 Å². The van der Waals surface area contributed by atoms with Crippen molar-refractivity contribution in [3.63, 3.8) is 0 Å². The number of nitrogens with zero attached hydrogens (tertiary/aromatic N) is 1. The lowest BCUT2D eigenvalue weighted by Gasteiger charge is -2.31. The fourth-order valence-corrected chi connectivity index (χ4v) is 5.92. The van der Waals surface area contributed by atoms with Gasteiger partial charge < -0.3 is 5.32 Å². The summed E-state index contributed by atoms with van der Waals surface area (Å²) in [5, 5.41) is 3.31. The van der Waals surface area contributed by atoms with Crippen molar-refractivity contribution in [1.29, 1.82) is 0 Å². The molecule has 2 heterocycles. The molecule has 0 saturated carbocycles. The van der Waals surface area contributed by atoms with E-state index in [4.69, 9.17) is 23.2 Å². The Labute approximate surface area is 134 Å². The number of sulfonamides is 1. The highest BCUT2D eigenvalue weighted by Crippen LogP contribution is 2.36. The van der Waals surface area contributed by atoms with Crippen LogP contribution in [-0.4, -0.2) is 38.9 Å². The molecule has 0 radical (unpaired) electrons. The van der Waals surface area contributed by atoms with E-state index in [9.17, 15) is 8.42 Å². The number of hydrogen-bond donors (Lipinski definition) is 1. The van der Waals surface area contributed by atoms with E-state index in [0.717, 1.165) is 37.3 Å². The van der Waals surface area contributed by atoms with E-state index < -0.39 is 10.0 Å². The van der Waals surface area contributed by atoms with Gasteiger partial charge in [0.1, 0.15) is 9.23 Å². The lowest BCUT2D eigenvalue weighted by molar-refractivity contribution is 0.268. The Kier molecular flexibility index (Phi) is 5.73. The van der Waals surface area contributed by atoms with Crippen LogP contribution in [0.1, 0.15) is 19.8 Å². The van der Waals surface area contributed by atoms with Crippen LogP contribution in [0.5, 0.6) is 0 Å². The molecule has 1 aromatic rings. The predicted octanol–water partition coefficient (Wildman–Crippen LogP) is 3.07. The first kappa shape index (κ1) is 16.5. The average molecular weight is 357 g/mol. The van der Waals surface area contributed by atoms with Crippen molar-refractivity contribution in [3.8, 4) is 0 Å². The number of piperidine rings is 1. The van der Waals surface area contributed by atoms with Gasteiger partial charge >= 0.3 is 0 Å². The summed E-state index contributed by atoms with van der Waals surface area (Å²) in [6.07, 6.45) is 1.75. The second-order valence-electron chi connectivity index (χ2n) is 4.84. The molecule has 2 rings (SSSR count). The number of nitrogens with one attached hydrogen (secondary N) is 1. The van der Waals surface area contributed by atoms with E-state index in [1.807, 2.05) is 0 Å². The summed E-state index contributed by atoms with van der Waals surface area (Å²) in [6.45, 7) is 5.06. The molecule has 4 nitrogen and oxygen atoms in total. The predicted molar refractivity (Wildman–Crippen MR) is 84.4 cm³/mol. The van der Waals surface area contributed by atoms with Crippen LogP contribution in [0.15, 0.2) is 11.0 Å². The minimum atomic E-state index is -3.51. The number of rotatable bonds is 5. The van der Waals surface area contributed by atoms with Gasteiger partial charge in [-0.25, -0.2) is 8.42 Å². The van der Waals surface area contributed by atoms with Crippen LogP contribution in [-0.2, 0) is 10.0 Å². The van der Waals surface area contributed by atoms with Crippen LogP contribution in [0.3, 0.4) is 0 Å². The molecule has 1 aromatic heterocycles. The Balaban J connectivity index is 2.04. The Bertz CT molecular complexity index is 552. The normalized spacial score (nSPS) is 18.6. The zero-order chi connectivity index (χ0) is 14.8. The standard InChI is InChI=1S/C12H18Cl2N2O2S2/c1-2-15-8-9-3-5-16(6-4-9)20(17,18)10-7-11(13)19-12(10)14/h7,9,15H,2-6,8H2,1H3. The van der Waals surface area contributed by atoms with Gasteiger partial charge in [-0.05, 0) is 37.9 Å². The quantitative estimate of drug-likeness (QED) is 0.881. The molecule has 1 N–H and O–H groups in total. The van der Waals surface area contributed by atoms with Crippen molar-refractivity contribution < 1.29 is 8.42 Å². The minimum absolute atomic E-state index is 0.138. The fraction of sp³-hybridized carbons (Fsp3) is 0.667. The van der Waals surface area contributed by atoms with Gasteiger partial charge in [-0.2, -0.15) is 4.31 Å². The molecule has 0 bridgehead atoms. The van der Waals surface area contributed by atoms with Gasteiger partial charge in [0.05, 0.1) is 4.34 Å². The van der Waals surface area contributed by atoms with Crippen LogP contribution in [0.2, 0.25) is 8.67 Å². The maximum Gasteiger partial charge on any atom is 0.245 e. The molecule has 1 fully saturated rings. The van der Waals surface area contributed by atoms with E-state index in [0.29, 0.717) is 23.3 Å². The smallest absolute Gasteiger partial charge is 0.245 e. The molecule has 8 heteroatoms. The molecule has 0 atom stereocenters. The van der Waals surface area contributed by atoms with E-state index in [1.165, 1.54) is 10.4 Å². The Hall–Kier alpha value is 0.150. The monoisotopic (exact) mass is 356 g/mol. The summed E-state index contributed by atoms with van der Waals surface area (Å²) >= 11 is 12.9. The van der Waals surface area contributed by atoms with Gasteiger partial charge in [-0.3, -0.25) is 0 Å². The van der Waals surface area contributed by atoms with Gasteiger partial charge in [0.25, 0.3) is 0 Å². The number of hydrogen-bond acceptors (Lipinski definition) is 4. The van der Waals surface area contributed by atoms with E-state index >= 15 is 0 Å². The summed E-state index contributed by atoms with van der Waals surface area (Å²) in [7, 11) is -3.51. The zero-order valence-electron chi connectivity index (χ0n) is 11.2. The van der Waals surface area contributed by atoms with Crippen molar-refractivity contribution in [3.05, 3.63) is 14.7 Å². The number of halogens is 2. The fourth-order valence-electron chi connectivity index (χ4n) is 2.34. The number of thiophene rings is 1. The van der Waals surface area contributed by atoms with Crippen molar-refractivity contribution in [2.75, 3.05) is 26.2 Å². The Morgan fingerprint density at radius 1 is 1.40 bits per heavy atom. The van der Waals surface area contributed by atoms with Crippen LogP contribution in [0, 0.1) is 5.92 Å². The van der Waals surface area contributed by atoms with Gasteiger partial charge in [0, 0.05) is 13.1 Å². The molecule has 1 aliphatic rings. The maximum absolute atomic E-state index is 12.5. The molecule has 0 aliphatic carbocycles. The Morgan fingerprint density at radius 3 is 2.55 bits per heavy atom. The molecular weight excluding hydrogens is 339 g/mol. The first-order valence-corrected chi connectivity index (χ1v) is 9.62. The lowest BCUT2D eigenvalue weighted by atomic mass is 9.98. The van der Waals surface area contributed by atoms with Crippen LogP contribution in [0.25, 0.3) is 0 Å². The SMILES string of the molecule is CCNCC1CCN(S(=O)(=O)c2cc(Cl)sc2Cl)CC1. The highest BCUT2D eigenvalue weighted by atomic mass is 35.5. The summed E-state index contributed by atoms with van der Waals surface area (Å²) in [4.78, 5) is 0.138. The second kappa shape index (κ2) is 6.94. The van der Waals surface area contributed by atoms with E-state index in [2.05, 4.69) is 12.2 Å². The molecule has 114 valence electrons. The molecule has 20 heavy (non-hydrogen) atoms. The molecule has 1 saturated heterocycles. The highest BCUT2D eigenvalue weighted by molar-refractivity contribution is 7.89. The second-order valence-corrected chi connectivity index (χ2v) is 9.04. The summed E-state index contributed by atoms with van der Waals surface area (Å²) in [5.41, 5.74) is 0. The summed E-state index contributed by atoms with van der Waals surface area (Å²) in [5.74, 6) is 0.544. The molecule has 0 aromatic carbocycles. The largest absolute Gasteiger partial charge is 0.317 e. The molecule has 0 amide bonds. The van der Waals surface area contributed by atoms with Crippen molar-refractivity contribution in [2.24, 2.45) is 5.92 Å². The molecule has 0 unspecified atom stereocenters. The average Bonchev–Trinajstić information content (AvgIpc) is 2.76. The van der Waals surface area contributed by atoms with Crippen LogP contribution in [0.4, 0.5) is 0 Å². The topological polar surface area (TPSA) is 49.4 Å². The Morgan fingerprint density at radius 2 is 2.05 bits per heavy atom. The third-order valence-corrected chi connectivity index (χ3v) is 7.15. The van der Waals surface area contributed by atoms with Gasteiger partial charge in [0.2, 0.25) is 10.0 Å². The lowest BCUT2D eigenvalue weighted by Crippen LogP contribution is -2.40. The zero-order valence-corrected chi connectivity index (χ0v) is 14.4. The van der Waals surface area contributed by atoms with E-state index in [-0.39, 0.29) is 9.23 Å². The molecular formula is C12H18Cl2N2O2S2. The van der Waals surface area contributed by atoms with Crippen molar-refractivity contribution >= 4 is 44.6 Å². The van der Waals surface area contributed by atoms with Gasteiger partial charge in [-0.1, -0.05) is 30.1 Å². The van der Waals surface area contributed by atoms with Crippen molar-refractivity contribution in [2.45, 2.75) is 24.7 Å². The molecule has 0 spiro atoms. The third kappa shape index (κ3) is 3.67. The summed E-state index contributed by atoms with van der Waals surface area (Å²) in [6, 6.07) is 1.44. The van der Waals surface area contributed by atoms with Crippen LogP contribution < -0.4 is 5.32 Å². The van der Waals surface area contributed by atoms with Gasteiger partial charge in [-0.15, -0.1) is 11.3 Å². The maximum atomic E-state index is 12.5. The first-order valence-electron chi connectivity index (χ1n) is 6.61. The highest BCUT2D eigenvalue weighted by Gasteiger charge is 2.31. The van der Waals surface area contributed by atoms with Gasteiger partial charge in [0.15, 0.2) is 0 Å². The van der Waals surface area contributed by atoms with Crippen LogP contribution >= 0.6 is 34.5 Å². The first-order chi connectivity index (χ1) is 9.45. The summed E-state index contributed by atoms with van der Waals surface area (Å²) < 4.78 is 27.2. The third-order valence-electron chi connectivity index (χ3n) is 3.50. The van der Waals surface area contributed by atoms with E-state index in [1.54, 1.807) is 0 Å². The molecule has 1 aliphatic heterocycles. The minimum Gasteiger partial charge on any atom is -0.317 e.